The van der Waals surface area contributed by atoms with Crippen LogP contribution in [0.2, 0.25) is 0 Å². The van der Waals surface area contributed by atoms with Crippen molar-refractivity contribution in [2.75, 3.05) is 0 Å². The van der Waals surface area contributed by atoms with Crippen LogP contribution in [-0.4, -0.2) is 25.8 Å². The molecule has 0 atom stereocenters. The molecule has 0 fully saturated rings. The fourth-order valence-electron chi connectivity index (χ4n) is 1.14. The third-order valence-corrected chi connectivity index (χ3v) is 3.29. The first-order valence-electron chi connectivity index (χ1n) is 3.97. The van der Waals surface area contributed by atoms with Crippen LogP contribution < -0.4 is 0 Å². The molecule has 0 bridgehead atoms. The number of halogens is 1. The van der Waals surface area contributed by atoms with E-state index in [1.807, 2.05) is 0 Å². The first-order valence-corrected chi connectivity index (χ1v) is 5.58. The average Bonchev–Trinajstić information content (AvgIpc) is 2.71. The fraction of sp³-hybridized carbons (Fsp3) is 0.125. The van der Waals surface area contributed by atoms with E-state index in [1.54, 1.807) is 13.2 Å². The molecule has 2 aromatic rings. The van der Waals surface area contributed by atoms with Gasteiger partial charge in [0.25, 0.3) is 0 Å². The second-order valence-electron chi connectivity index (χ2n) is 2.81. The highest BCUT2D eigenvalue weighted by Gasteiger charge is 2.14. The van der Waals surface area contributed by atoms with Crippen LogP contribution >= 0.6 is 27.3 Å². The average molecular weight is 288 g/mol. The van der Waals surface area contributed by atoms with Gasteiger partial charge in [0, 0.05) is 13.1 Å². The van der Waals surface area contributed by atoms with Crippen molar-refractivity contribution in [3.05, 3.63) is 21.7 Å². The minimum absolute atomic E-state index is 0.149. The maximum Gasteiger partial charge on any atom is 0.354 e. The lowest BCUT2D eigenvalue weighted by Gasteiger charge is -1.91. The number of nitrogens with zero attached hydrogens (tertiary/aromatic N) is 3. The Balaban J connectivity index is 2.46. The molecular formula is C8H6BrN3O2S. The molecule has 0 aliphatic carbocycles. The van der Waals surface area contributed by atoms with Gasteiger partial charge in [-0.05, 0) is 15.9 Å². The van der Waals surface area contributed by atoms with E-state index in [0.29, 0.717) is 10.7 Å². The minimum atomic E-state index is -0.994. The van der Waals surface area contributed by atoms with Gasteiger partial charge < -0.3 is 5.11 Å². The number of hydrogen-bond donors (Lipinski definition) is 1. The molecule has 0 amide bonds. The standard InChI is InChI=1S/C8H6BrN3O2S/c1-12-5(8(13)14)2-4(11-12)7-10-3-6(9)15-7/h2-3H,1H3,(H,13,14). The van der Waals surface area contributed by atoms with Crippen LogP contribution in [0.1, 0.15) is 10.5 Å². The quantitative estimate of drug-likeness (QED) is 0.917. The van der Waals surface area contributed by atoms with E-state index < -0.39 is 5.97 Å². The largest absolute Gasteiger partial charge is 0.477 e. The monoisotopic (exact) mass is 287 g/mol. The molecule has 0 saturated heterocycles. The van der Waals surface area contributed by atoms with Gasteiger partial charge in [-0.15, -0.1) is 11.3 Å². The minimum Gasteiger partial charge on any atom is -0.477 e. The summed E-state index contributed by atoms with van der Waals surface area (Å²) in [5, 5.41) is 13.6. The smallest absolute Gasteiger partial charge is 0.354 e. The van der Waals surface area contributed by atoms with Crippen molar-refractivity contribution in [2.24, 2.45) is 7.05 Å². The summed E-state index contributed by atoms with van der Waals surface area (Å²) in [5.41, 5.74) is 0.724. The van der Waals surface area contributed by atoms with Crippen molar-refractivity contribution in [2.45, 2.75) is 0 Å². The molecular weight excluding hydrogens is 282 g/mol. The second-order valence-corrected chi connectivity index (χ2v) is 5.22. The third-order valence-electron chi connectivity index (χ3n) is 1.80. The van der Waals surface area contributed by atoms with Gasteiger partial charge in [-0.3, -0.25) is 4.68 Å². The lowest BCUT2D eigenvalue weighted by molar-refractivity contribution is 0.0685. The Labute approximate surface area is 97.5 Å². The number of thiazole rings is 1. The van der Waals surface area contributed by atoms with Crippen LogP contribution in [0, 0.1) is 0 Å². The van der Waals surface area contributed by atoms with Gasteiger partial charge in [-0.1, -0.05) is 0 Å². The van der Waals surface area contributed by atoms with E-state index in [1.165, 1.54) is 22.1 Å². The molecule has 7 heteroatoms. The highest BCUT2D eigenvalue weighted by atomic mass is 79.9. The summed E-state index contributed by atoms with van der Waals surface area (Å²) >= 11 is 4.70. The van der Waals surface area contributed by atoms with Crippen molar-refractivity contribution < 1.29 is 9.90 Å². The Bertz CT molecular complexity index is 520. The van der Waals surface area contributed by atoms with Crippen molar-refractivity contribution >= 4 is 33.2 Å². The van der Waals surface area contributed by atoms with Gasteiger partial charge in [-0.2, -0.15) is 5.10 Å². The SMILES string of the molecule is Cn1nc(-c2ncc(Br)s2)cc1C(=O)O. The molecule has 0 unspecified atom stereocenters. The van der Waals surface area contributed by atoms with Crippen molar-refractivity contribution in [1.29, 1.82) is 0 Å². The molecule has 1 N–H and O–H groups in total. The van der Waals surface area contributed by atoms with Gasteiger partial charge >= 0.3 is 5.97 Å². The van der Waals surface area contributed by atoms with E-state index in [4.69, 9.17) is 5.11 Å². The van der Waals surface area contributed by atoms with Crippen LogP contribution in [0.25, 0.3) is 10.7 Å². The summed E-state index contributed by atoms with van der Waals surface area (Å²) in [7, 11) is 1.59. The van der Waals surface area contributed by atoms with Crippen molar-refractivity contribution in [3.8, 4) is 10.7 Å². The first-order chi connectivity index (χ1) is 7.08. The topological polar surface area (TPSA) is 68.0 Å². The Kier molecular flexibility index (Phi) is 2.57. The van der Waals surface area contributed by atoms with Crippen LogP contribution in [0.3, 0.4) is 0 Å². The molecule has 0 radical (unpaired) electrons. The molecule has 5 nitrogen and oxygen atoms in total. The van der Waals surface area contributed by atoms with Gasteiger partial charge in [0.05, 0.1) is 9.98 Å². The number of aryl methyl sites for hydroxylation is 1. The molecule has 2 heterocycles. The molecule has 0 saturated carbocycles. The van der Waals surface area contributed by atoms with Crippen molar-refractivity contribution in [1.82, 2.24) is 14.8 Å². The summed E-state index contributed by atoms with van der Waals surface area (Å²) in [6.45, 7) is 0. The van der Waals surface area contributed by atoms with E-state index in [0.717, 1.165) is 3.79 Å². The molecule has 0 spiro atoms. The number of carboxylic acid groups (broad SMARTS) is 1. The molecule has 78 valence electrons. The fourth-order valence-corrected chi connectivity index (χ4v) is 2.31. The first kappa shape index (κ1) is 10.3. The number of aromatic carboxylic acids is 1. The number of hydrogen-bond acceptors (Lipinski definition) is 4. The van der Waals surface area contributed by atoms with E-state index in [9.17, 15) is 4.79 Å². The predicted octanol–water partition coefficient (Wildman–Crippen LogP) is 2.00. The summed E-state index contributed by atoms with van der Waals surface area (Å²) in [6.07, 6.45) is 1.66. The Hall–Kier alpha value is -1.21. The number of carbonyl (C=O) groups is 1. The lowest BCUT2D eigenvalue weighted by Crippen LogP contribution is -2.04. The van der Waals surface area contributed by atoms with Crippen LogP contribution in [-0.2, 0) is 7.05 Å². The van der Waals surface area contributed by atoms with E-state index in [2.05, 4.69) is 26.0 Å². The van der Waals surface area contributed by atoms with E-state index in [-0.39, 0.29) is 5.69 Å². The maximum absolute atomic E-state index is 10.8. The highest BCUT2D eigenvalue weighted by Crippen LogP contribution is 2.27. The summed E-state index contributed by atoms with van der Waals surface area (Å²) < 4.78 is 2.22. The predicted molar refractivity (Wildman–Crippen MR) is 59.0 cm³/mol. The maximum atomic E-state index is 10.8. The molecule has 0 aliphatic heterocycles. The summed E-state index contributed by atoms with van der Waals surface area (Å²) in [5.74, 6) is -0.994. The second kappa shape index (κ2) is 3.74. The van der Waals surface area contributed by atoms with Gasteiger partial charge in [0.2, 0.25) is 0 Å². The Morgan fingerprint density at radius 2 is 2.40 bits per heavy atom. The molecule has 2 rings (SSSR count). The number of aromatic nitrogens is 3. The number of carboxylic acids is 1. The van der Waals surface area contributed by atoms with Gasteiger partial charge in [0.1, 0.15) is 16.4 Å². The zero-order chi connectivity index (χ0) is 11.0. The van der Waals surface area contributed by atoms with Crippen LogP contribution in [0.4, 0.5) is 0 Å². The lowest BCUT2D eigenvalue weighted by atomic mass is 10.3. The van der Waals surface area contributed by atoms with Gasteiger partial charge in [-0.25, -0.2) is 9.78 Å². The van der Waals surface area contributed by atoms with Crippen LogP contribution in [0.15, 0.2) is 16.0 Å². The third kappa shape index (κ3) is 1.93. The summed E-state index contributed by atoms with van der Waals surface area (Å²) in [6, 6.07) is 1.51. The van der Waals surface area contributed by atoms with Crippen molar-refractivity contribution in [3.63, 3.8) is 0 Å². The Morgan fingerprint density at radius 3 is 2.87 bits per heavy atom. The highest BCUT2D eigenvalue weighted by molar-refractivity contribution is 9.11. The van der Waals surface area contributed by atoms with E-state index >= 15 is 0 Å². The zero-order valence-corrected chi connectivity index (χ0v) is 10.0. The van der Waals surface area contributed by atoms with Crippen LogP contribution in [0.5, 0.6) is 0 Å². The normalized spacial score (nSPS) is 10.5. The molecule has 0 aliphatic rings. The number of rotatable bonds is 2. The van der Waals surface area contributed by atoms with Gasteiger partial charge in [0.15, 0.2) is 0 Å². The zero-order valence-electron chi connectivity index (χ0n) is 7.64. The molecule has 15 heavy (non-hydrogen) atoms. The molecule has 0 aromatic carbocycles. The molecule has 2 aromatic heterocycles. The Morgan fingerprint density at radius 1 is 1.67 bits per heavy atom. The summed E-state index contributed by atoms with van der Waals surface area (Å²) in [4.78, 5) is 14.9.